The molecule has 1 N–H and O–H groups in total. The van der Waals surface area contributed by atoms with Gasteiger partial charge in [0.15, 0.2) is 0 Å². The van der Waals surface area contributed by atoms with Gasteiger partial charge in [-0.15, -0.1) is 0 Å². The molecular formula is C22H16BO2. The monoisotopic (exact) mass is 323 g/mol. The van der Waals surface area contributed by atoms with Crippen molar-refractivity contribution in [1.82, 2.24) is 0 Å². The lowest BCUT2D eigenvalue weighted by molar-refractivity contribution is 0.454. The van der Waals surface area contributed by atoms with Crippen LogP contribution in [0.15, 0.2) is 91.0 Å². The van der Waals surface area contributed by atoms with Gasteiger partial charge in [0, 0.05) is 0 Å². The highest BCUT2D eigenvalue weighted by atomic mass is 16.5. The van der Waals surface area contributed by atoms with Crippen LogP contribution in [0.25, 0.3) is 33.0 Å². The van der Waals surface area contributed by atoms with E-state index in [-0.39, 0.29) is 0 Å². The minimum Gasteiger partial charge on any atom is -0.537 e. The molecule has 0 spiro atoms. The van der Waals surface area contributed by atoms with E-state index in [2.05, 4.69) is 60.7 Å². The Morgan fingerprint density at radius 1 is 0.600 bits per heavy atom. The first kappa shape index (κ1) is 15.5. The fraction of sp³-hybridized carbons (Fsp3) is 0. The lowest BCUT2D eigenvalue weighted by Crippen LogP contribution is -1.99. The van der Waals surface area contributed by atoms with Gasteiger partial charge in [-0.1, -0.05) is 78.9 Å². The molecule has 0 aliphatic rings. The number of fused-ring (bicyclic) bond motifs is 1. The van der Waals surface area contributed by atoms with Crippen LogP contribution < -0.4 is 4.65 Å². The van der Waals surface area contributed by atoms with Crippen molar-refractivity contribution in [1.29, 1.82) is 0 Å². The minimum absolute atomic E-state index is 0.606. The summed E-state index contributed by atoms with van der Waals surface area (Å²) in [6, 6.07) is 30.9. The van der Waals surface area contributed by atoms with E-state index >= 15 is 0 Å². The number of hydrogen-bond donors (Lipinski definition) is 1. The fourth-order valence-electron chi connectivity index (χ4n) is 3.21. The van der Waals surface area contributed by atoms with E-state index in [1.165, 1.54) is 27.5 Å². The molecule has 0 saturated carbocycles. The Morgan fingerprint density at radius 2 is 1.20 bits per heavy atom. The summed E-state index contributed by atoms with van der Waals surface area (Å²) in [5.41, 5.74) is 4.71. The van der Waals surface area contributed by atoms with E-state index in [1.54, 1.807) is 0 Å². The highest BCUT2D eigenvalue weighted by molar-refractivity contribution is 6.17. The second kappa shape index (κ2) is 6.84. The molecule has 0 amide bonds. The molecule has 0 aromatic heterocycles. The van der Waals surface area contributed by atoms with Crippen molar-refractivity contribution < 1.29 is 9.68 Å². The van der Waals surface area contributed by atoms with E-state index in [0.717, 1.165) is 5.56 Å². The first-order valence-electron chi connectivity index (χ1n) is 8.17. The molecule has 1 radical (unpaired) electrons. The van der Waals surface area contributed by atoms with Gasteiger partial charge < -0.3 is 9.68 Å². The van der Waals surface area contributed by atoms with Crippen LogP contribution in [0.4, 0.5) is 0 Å². The lowest BCUT2D eigenvalue weighted by Gasteiger charge is -2.13. The highest BCUT2D eigenvalue weighted by Crippen LogP contribution is 2.36. The second-order valence-electron chi connectivity index (χ2n) is 5.82. The Balaban J connectivity index is 1.92. The van der Waals surface area contributed by atoms with E-state index in [4.69, 9.17) is 9.68 Å². The van der Waals surface area contributed by atoms with Gasteiger partial charge in [-0.25, -0.2) is 0 Å². The Labute approximate surface area is 147 Å². The predicted molar refractivity (Wildman–Crippen MR) is 103 cm³/mol. The topological polar surface area (TPSA) is 29.5 Å². The van der Waals surface area contributed by atoms with Crippen LogP contribution in [-0.2, 0) is 0 Å². The third kappa shape index (κ3) is 3.02. The maximum Gasteiger partial charge on any atom is 0.569 e. The van der Waals surface area contributed by atoms with E-state index < -0.39 is 0 Å². The van der Waals surface area contributed by atoms with Crippen molar-refractivity contribution in [3.8, 4) is 28.0 Å². The SMILES string of the molecule is O[B]Oc1ccc(-c2cccc3cccc(-c4ccccc4)c23)cc1. The van der Waals surface area contributed by atoms with Crippen LogP contribution in [-0.4, -0.2) is 12.7 Å². The van der Waals surface area contributed by atoms with Crippen LogP contribution >= 0.6 is 0 Å². The first-order chi connectivity index (χ1) is 12.4. The molecule has 0 aliphatic heterocycles. The van der Waals surface area contributed by atoms with Gasteiger partial charge in [-0.05, 0) is 45.2 Å². The predicted octanol–water partition coefficient (Wildman–Crippen LogP) is 5.08. The molecule has 4 aromatic rings. The zero-order valence-electron chi connectivity index (χ0n) is 13.6. The molecule has 0 unspecified atom stereocenters. The molecule has 4 aromatic carbocycles. The summed E-state index contributed by atoms with van der Waals surface area (Å²) >= 11 is 0. The van der Waals surface area contributed by atoms with Gasteiger partial charge in [0.25, 0.3) is 0 Å². The third-order valence-electron chi connectivity index (χ3n) is 4.34. The van der Waals surface area contributed by atoms with Crippen molar-refractivity contribution in [2.24, 2.45) is 0 Å². The van der Waals surface area contributed by atoms with Crippen molar-refractivity contribution in [2.45, 2.75) is 0 Å². The Kier molecular flexibility index (Phi) is 4.24. The summed E-state index contributed by atoms with van der Waals surface area (Å²) in [4.78, 5) is 0. The maximum atomic E-state index is 8.76. The van der Waals surface area contributed by atoms with Crippen LogP contribution in [0.1, 0.15) is 0 Å². The summed E-state index contributed by atoms with van der Waals surface area (Å²) < 4.78 is 5.01. The average molecular weight is 323 g/mol. The first-order valence-corrected chi connectivity index (χ1v) is 8.17. The van der Waals surface area contributed by atoms with Crippen LogP contribution in [0.3, 0.4) is 0 Å². The van der Waals surface area contributed by atoms with Crippen molar-refractivity contribution in [3.63, 3.8) is 0 Å². The Hall–Kier alpha value is -3.04. The number of hydrogen-bond acceptors (Lipinski definition) is 2. The highest BCUT2D eigenvalue weighted by Gasteiger charge is 2.10. The normalized spacial score (nSPS) is 10.6. The Morgan fingerprint density at radius 3 is 1.80 bits per heavy atom. The van der Waals surface area contributed by atoms with Crippen LogP contribution in [0.5, 0.6) is 5.75 Å². The van der Waals surface area contributed by atoms with Gasteiger partial charge in [-0.3, -0.25) is 0 Å². The minimum atomic E-state index is 0.606. The zero-order valence-corrected chi connectivity index (χ0v) is 13.6. The van der Waals surface area contributed by atoms with Gasteiger partial charge in [0.1, 0.15) is 5.75 Å². The smallest absolute Gasteiger partial charge is 0.537 e. The summed E-state index contributed by atoms with van der Waals surface area (Å²) in [7, 11) is 0.695. The van der Waals surface area contributed by atoms with Gasteiger partial charge in [0.2, 0.25) is 0 Å². The molecule has 0 aliphatic carbocycles. The van der Waals surface area contributed by atoms with E-state index in [0.29, 0.717) is 13.4 Å². The third-order valence-corrected chi connectivity index (χ3v) is 4.34. The Bertz CT molecular complexity index is 990. The summed E-state index contributed by atoms with van der Waals surface area (Å²) in [5.74, 6) is 0.606. The lowest BCUT2D eigenvalue weighted by atomic mass is 9.91. The quantitative estimate of drug-likeness (QED) is 0.531. The molecular weight excluding hydrogens is 307 g/mol. The van der Waals surface area contributed by atoms with Crippen LogP contribution in [0.2, 0.25) is 0 Å². The summed E-state index contributed by atoms with van der Waals surface area (Å²) in [6.07, 6.45) is 0. The summed E-state index contributed by atoms with van der Waals surface area (Å²) in [6.45, 7) is 0. The van der Waals surface area contributed by atoms with Gasteiger partial charge >= 0.3 is 7.69 Å². The average Bonchev–Trinajstić information content (AvgIpc) is 2.69. The molecule has 3 heteroatoms. The molecule has 0 atom stereocenters. The van der Waals surface area contributed by atoms with Crippen molar-refractivity contribution in [2.75, 3.05) is 0 Å². The van der Waals surface area contributed by atoms with E-state index in [9.17, 15) is 0 Å². The molecule has 0 saturated heterocycles. The van der Waals surface area contributed by atoms with Crippen LogP contribution in [0, 0.1) is 0 Å². The molecule has 4 rings (SSSR count). The molecule has 119 valence electrons. The number of rotatable bonds is 4. The number of benzene rings is 4. The maximum absolute atomic E-state index is 8.76. The fourth-order valence-corrected chi connectivity index (χ4v) is 3.21. The summed E-state index contributed by atoms with van der Waals surface area (Å²) in [5, 5.41) is 11.2. The second-order valence-corrected chi connectivity index (χ2v) is 5.82. The molecule has 25 heavy (non-hydrogen) atoms. The van der Waals surface area contributed by atoms with Crippen molar-refractivity contribution >= 4 is 18.5 Å². The molecule has 2 nitrogen and oxygen atoms in total. The molecule has 0 heterocycles. The van der Waals surface area contributed by atoms with Gasteiger partial charge in [-0.2, -0.15) is 0 Å². The molecule has 0 fully saturated rings. The standard InChI is InChI=1S/C22H16BO2/c24-23-25-19-14-12-17(13-15-19)21-11-5-9-18-8-4-10-20(22(18)21)16-6-2-1-3-7-16/h1-15,24H. The zero-order chi connectivity index (χ0) is 17.1. The van der Waals surface area contributed by atoms with Gasteiger partial charge in [0.05, 0.1) is 0 Å². The van der Waals surface area contributed by atoms with Crippen molar-refractivity contribution in [3.05, 3.63) is 91.0 Å². The van der Waals surface area contributed by atoms with E-state index in [1.807, 2.05) is 30.3 Å². The largest absolute Gasteiger partial charge is 0.569 e. The molecule has 0 bridgehead atoms.